The molecule has 1 N–H and O–H groups in total. The van der Waals surface area contributed by atoms with Crippen molar-refractivity contribution in [1.29, 1.82) is 0 Å². The number of carbonyl (C=O) groups excluding carboxylic acids is 3. The van der Waals surface area contributed by atoms with Crippen molar-refractivity contribution in [1.82, 2.24) is 20.0 Å². The molecule has 2 aromatic rings. The summed E-state index contributed by atoms with van der Waals surface area (Å²) in [6.07, 6.45) is 3.60. The minimum Gasteiger partial charge on any atom is -0.457 e. The molecule has 5 rings (SSSR count). The zero-order valence-corrected chi connectivity index (χ0v) is 21.9. The molecule has 2 atom stereocenters. The SMILES string of the molecule is C=CCN1C(=O)NC(c2cccc(Oc3ccccc3)c2)C2=C1CN(C(C(=O)N1CCCC1)C(C)C)C2=O. The summed E-state index contributed by atoms with van der Waals surface area (Å²) in [6, 6.07) is 15.3. The van der Waals surface area contributed by atoms with Gasteiger partial charge in [-0.05, 0) is 48.6 Å². The molecule has 0 aromatic heterocycles. The fourth-order valence-electron chi connectivity index (χ4n) is 5.60. The van der Waals surface area contributed by atoms with Crippen molar-refractivity contribution in [2.45, 2.75) is 38.8 Å². The molecule has 3 aliphatic heterocycles. The summed E-state index contributed by atoms with van der Waals surface area (Å²) in [4.78, 5) is 46.0. The highest BCUT2D eigenvalue weighted by Gasteiger charge is 2.48. The van der Waals surface area contributed by atoms with Gasteiger partial charge in [-0.15, -0.1) is 6.58 Å². The molecule has 0 aliphatic carbocycles. The number of carbonyl (C=O) groups is 3. The van der Waals surface area contributed by atoms with Crippen molar-refractivity contribution in [2.75, 3.05) is 26.2 Å². The van der Waals surface area contributed by atoms with Crippen molar-refractivity contribution < 1.29 is 19.1 Å². The van der Waals surface area contributed by atoms with Gasteiger partial charge in [-0.25, -0.2) is 4.79 Å². The van der Waals surface area contributed by atoms with E-state index in [9.17, 15) is 14.4 Å². The fraction of sp³-hybridized carbons (Fsp3) is 0.367. The zero-order valence-electron chi connectivity index (χ0n) is 21.9. The minimum atomic E-state index is -0.662. The quantitative estimate of drug-likeness (QED) is 0.527. The molecule has 1 saturated heterocycles. The molecule has 0 saturated carbocycles. The van der Waals surface area contributed by atoms with Gasteiger partial charge in [-0.3, -0.25) is 14.5 Å². The summed E-state index contributed by atoms with van der Waals surface area (Å²) < 4.78 is 6.02. The smallest absolute Gasteiger partial charge is 0.322 e. The predicted octanol–water partition coefficient (Wildman–Crippen LogP) is 4.47. The Bertz CT molecular complexity index is 1270. The zero-order chi connectivity index (χ0) is 26.8. The van der Waals surface area contributed by atoms with E-state index in [1.165, 1.54) is 0 Å². The Hall–Kier alpha value is -4.07. The number of hydrogen-bond acceptors (Lipinski definition) is 4. The topological polar surface area (TPSA) is 82.2 Å². The average Bonchev–Trinajstić information content (AvgIpc) is 3.56. The Balaban J connectivity index is 1.50. The lowest BCUT2D eigenvalue weighted by Crippen LogP contribution is -2.52. The normalized spacial score (nSPS) is 20.1. The summed E-state index contributed by atoms with van der Waals surface area (Å²) in [7, 11) is 0. The number of para-hydroxylation sites is 1. The number of amides is 4. The van der Waals surface area contributed by atoms with Gasteiger partial charge in [0.25, 0.3) is 5.91 Å². The van der Waals surface area contributed by atoms with Crippen LogP contribution in [0.4, 0.5) is 4.79 Å². The van der Waals surface area contributed by atoms with E-state index in [0.29, 0.717) is 22.8 Å². The molecule has 4 amide bonds. The van der Waals surface area contributed by atoms with E-state index < -0.39 is 12.1 Å². The number of ether oxygens (including phenoxy) is 1. The van der Waals surface area contributed by atoms with Crippen LogP contribution in [0.15, 0.2) is 78.5 Å². The molecule has 38 heavy (non-hydrogen) atoms. The van der Waals surface area contributed by atoms with Gasteiger partial charge >= 0.3 is 6.03 Å². The van der Waals surface area contributed by atoms with E-state index in [1.807, 2.05) is 73.3 Å². The summed E-state index contributed by atoms with van der Waals surface area (Å²) in [5.74, 6) is 0.976. The van der Waals surface area contributed by atoms with Crippen molar-refractivity contribution in [2.24, 2.45) is 5.92 Å². The van der Waals surface area contributed by atoms with Crippen LogP contribution in [0.5, 0.6) is 11.5 Å². The highest BCUT2D eigenvalue weighted by Crippen LogP contribution is 2.39. The van der Waals surface area contributed by atoms with E-state index in [0.717, 1.165) is 31.5 Å². The first-order valence-corrected chi connectivity index (χ1v) is 13.2. The number of nitrogens with zero attached hydrogens (tertiary/aromatic N) is 3. The largest absolute Gasteiger partial charge is 0.457 e. The molecule has 1 fully saturated rings. The molecule has 198 valence electrons. The molecule has 0 bridgehead atoms. The van der Waals surface area contributed by atoms with E-state index in [1.54, 1.807) is 15.9 Å². The lowest BCUT2D eigenvalue weighted by molar-refractivity contribution is -0.144. The number of likely N-dealkylation sites (tertiary alicyclic amines) is 1. The standard InChI is InChI=1S/C30H34N4O4/c1-4-15-33-24-19-34(27(20(2)3)29(36)32-16-8-9-17-32)28(35)25(24)26(31-30(33)37)21-11-10-14-23(18-21)38-22-12-6-5-7-13-22/h4-7,10-14,18,20,26-27H,1,8-9,15-17,19H2,2-3H3,(H,31,37). The Morgan fingerprint density at radius 3 is 2.47 bits per heavy atom. The molecule has 8 nitrogen and oxygen atoms in total. The first-order valence-electron chi connectivity index (χ1n) is 13.2. The third-order valence-electron chi connectivity index (χ3n) is 7.37. The summed E-state index contributed by atoms with van der Waals surface area (Å²) >= 11 is 0. The molecular formula is C30H34N4O4. The van der Waals surface area contributed by atoms with Gasteiger partial charge in [0.1, 0.15) is 17.5 Å². The summed E-state index contributed by atoms with van der Waals surface area (Å²) in [5.41, 5.74) is 1.85. The molecule has 2 unspecified atom stereocenters. The van der Waals surface area contributed by atoms with Gasteiger partial charge < -0.3 is 19.9 Å². The minimum absolute atomic E-state index is 0.0185. The molecular weight excluding hydrogens is 480 g/mol. The van der Waals surface area contributed by atoms with Crippen LogP contribution < -0.4 is 10.1 Å². The fourth-order valence-corrected chi connectivity index (χ4v) is 5.60. The third kappa shape index (κ3) is 4.78. The Labute approximate surface area is 223 Å². The van der Waals surface area contributed by atoms with Crippen LogP contribution in [0.2, 0.25) is 0 Å². The van der Waals surface area contributed by atoms with Gasteiger partial charge in [0.05, 0.1) is 23.9 Å². The monoisotopic (exact) mass is 514 g/mol. The molecule has 0 radical (unpaired) electrons. The maximum Gasteiger partial charge on any atom is 0.322 e. The maximum atomic E-state index is 14.1. The second-order valence-electron chi connectivity index (χ2n) is 10.3. The second kappa shape index (κ2) is 10.7. The van der Waals surface area contributed by atoms with Crippen molar-refractivity contribution in [3.8, 4) is 11.5 Å². The summed E-state index contributed by atoms with van der Waals surface area (Å²) in [5, 5.41) is 3.02. The Morgan fingerprint density at radius 1 is 1.08 bits per heavy atom. The van der Waals surface area contributed by atoms with Crippen LogP contribution in [-0.2, 0) is 9.59 Å². The van der Waals surface area contributed by atoms with Crippen molar-refractivity contribution in [3.05, 3.63) is 84.1 Å². The molecule has 0 spiro atoms. The van der Waals surface area contributed by atoms with Crippen LogP contribution in [-0.4, -0.2) is 64.8 Å². The number of nitrogens with one attached hydrogen (secondary N) is 1. The van der Waals surface area contributed by atoms with Crippen LogP contribution in [0.1, 0.15) is 38.3 Å². The highest BCUT2D eigenvalue weighted by molar-refractivity contribution is 6.03. The van der Waals surface area contributed by atoms with E-state index in [4.69, 9.17) is 4.74 Å². The van der Waals surface area contributed by atoms with Gasteiger partial charge in [0.2, 0.25) is 5.91 Å². The van der Waals surface area contributed by atoms with Gasteiger partial charge in [0, 0.05) is 19.6 Å². The van der Waals surface area contributed by atoms with Gasteiger partial charge in [0.15, 0.2) is 0 Å². The highest BCUT2D eigenvalue weighted by atomic mass is 16.5. The van der Waals surface area contributed by atoms with Gasteiger partial charge in [-0.2, -0.15) is 0 Å². The van der Waals surface area contributed by atoms with Crippen LogP contribution in [0.25, 0.3) is 0 Å². The van der Waals surface area contributed by atoms with Crippen LogP contribution in [0, 0.1) is 5.92 Å². The van der Waals surface area contributed by atoms with E-state index in [2.05, 4.69) is 11.9 Å². The van der Waals surface area contributed by atoms with Crippen LogP contribution in [0.3, 0.4) is 0 Å². The Morgan fingerprint density at radius 2 is 1.79 bits per heavy atom. The number of hydrogen-bond donors (Lipinski definition) is 1. The molecule has 3 aliphatic rings. The van der Waals surface area contributed by atoms with Crippen molar-refractivity contribution >= 4 is 17.8 Å². The van der Waals surface area contributed by atoms with Gasteiger partial charge in [-0.1, -0.05) is 50.3 Å². The van der Waals surface area contributed by atoms with Crippen LogP contribution >= 0.6 is 0 Å². The number of benzene rings is 2. The lowest BCUT2D eigenvalue weighted by atomic mass is 9.95. The number of rotatable bonds is 8. The molecule has 3 heterocycles. The second-order valence-corrected chi connectivity index (χ2v) is 10.3. The van der Waals surface area contributed by atoms with E-state index >= 15 is 0 Å². The maximum absolute atomic E-state index is 14.1. The molecule has 2 aromatic carbocycles. The number of urea groups is 1. The Kier molecular flexibility index (Phi) is 7.22. The van der Waals surface area contributed by atoms with E-state index in [-0.39, 0.29) is 36.9 Å². The first kappa shape index (κ1) is 25.6. The predicted molar refractivity (Wildman–Crippen MR) is 144 cm³/mol. The molecule has 8 heteroatoms. The third-order valence-corrected chi connectivity index (χ3v) is 7.37. The lowest BCUT2D eigenvalue weighted by Gasteiger charge is -2.33. The average molecular weight is 515 g/mol. The first-order chi connectivity index (χ1) is 18.4. The summed E-state index contributed by atoms with van der Waals surface area (Å²) in [6.45, 7) is 9.64. The van der Waals surface area contributed by atoms with Crippen molar-refractivity contribution in [3.63, 3.8) is 0 Å².